The van der Waals surface area contributed by atoms with E-state index in [1.165, 1.54) is 6.26 Å². The minimum atomic E-state index is -2.96. The molecule has 124 valence electrons. The number of hydrogen-bond donors (Lipinski definition) is 1. The van der Waals surface area contributed by atoms with Gasteiger partial charge in [-0.05, 0) is 31.9 Å². The van der Waals surface area contributed by atoms with E-state index >= 15 is 0 Å². The molecule has 23 heavy (non-hydrogen) atoms. The van der Waals surface area contributed by atoms with Crippen molar-refractivity contribution in [2.24, 2.45) is 0 Å². The van der Waals surface area contributed by atoms with Gasteiger partial charge in [0.1, 0.15) is 21.3 Å². The lowest BCUT2D eigenvalue weighted by atomic mass is 10.2. The molecule has 0 saturated carbocycles. The fourth-order valence-electron chi connectivity index (χ4n) is 2.08. The quantitative estimate of drug-likeness (QED) is 0.836. The Hall–Kier alpha value is -2.02. The Kier molecular flexibility index (Phi) is 5.65. The standard InChI is InChI=1S/C16H22N4O2S/c1-4-13-11-15(18-12(2)8-10-23(3,21)22)20-16(19-13)14-7-5-6-9-17-14/h5-7,9,11-12H,4,8,10H2,1-3H3,(H,18,19,20). The van der Waals surface area contributed by atoms with Crippen molar-refractivity contribution in [1.82, 2.24) is 15.0 Å². The van der Waals surface area contributed by atoms with Crippen LogP contribution in [0.4, 0.5) is 5.82 Å². The lowest BCUT2D eigenvalue weighted by molar-refractivity contribution is 0.595. The molecule has 2 aromatic rings. The van der Waals surface area contributed by atoms with Crippen LogP contribution in [0.2, 0.25) is 0 Å². The first-order valence-corrected chi connectivity index (χ1v) is 9.67. The molecule has 0 fully saturated rings. The normalized spacial score (nSPS) is 12.8. The van der Waals surface area contributed by atoms with Crippen molar-refractivity contribution in [2.75, 3.05) is 17.3 Å². The summed E-state index contributed by atoms with van der Waals surface area (Å²) in [4.78, 5) is 13.3. The number of hydrogen-bond acceptors (Lipinski definition) is 6. The highest BCUT2D eigenvalue weighted by molar-refractivity contribution is 7.90. The summed E-state index contributed by atoms with van der Waals surface area (Å²) in [6.45, 7) is 3.97. The van der Waals surface area contributed by atoms with Gasteiger partial charge in [0, 0.05) is 30.3 Å². The first-order valence-electron chi connectivity index (χ1n) is 7.61. The highest BCUT2D eigenvalue weighted by Gasteiger charge is 2.11. The summed E-state index contributed by atoms with van der Waals surface area (Å²) in [5.74, 6) is 1.42. The van der Waals surface area contributed by atoms with Crippen LogP contribution in [-0.4, -0.2) is 41.4 Å². The van der Waals surface area contributed by atoms with Crippen LogP contribution in [0.15, 0.2) is 30.5 Å². The van der Waals surface area contributed by atoms with E-state index in [9.17, 15) is 8.42 Å². The van der Waals surface area contributed by atoms with Crippen LogP contribution >= 0.6 is 0 Å². The molecule has 0 aliphatic heterocycles. The summed E-state index contributed by atoms with van der Waals surface area (Å²) in [6.07, 6.45) is 4.27. The minimum Gasteiger partial charge on any atom is -0.367 e. The maximum atomic E-state index is 11.3. The third-order valence-electron chi connectivity index (χ3n) is 3.35. The molecule has 0 radical (unpaired) electrons. The summed E-state index contributed by atoms with van der Waals surface area (Å²) in [7, 11) is -2.96. The number of anilines is 1. The minimum absolute atomic E-state index is 0.000846. The summed E-state index contributed by atoms with van der Waals surface area (Å²) in [5.41, 5.74) is 1.63. The average Bonchev–Trinajstić information content (AvgIpc) is 2.53. The molecular weight excluding hydrogens is 312 g/mol. The topological polar surface area (TPSA) is 84.8 Å². The molecule has 2 rings (SSSR count). The highest BCUT2D eigenvalue weighted by Crippen LogP contribution is 2.17. The lowest BCUT2D eigenvalue weighted by Crippen LogP contribution is -2.20. The molecule has 0 aliphatic rings. The maximum Gasteiger partial charge on any atom is 0.180 e. The van der Waals surface area contributed by atoms with Crippen LogP contribution in [0.3, 0.4) is 0 Å². The van der Waals surface area contributed by atoms with E-state index < -0.39 is 9.84 Å². The zero-order valence-corrected chi connectivity index (χ0v) is 14.5. The molecule has 2 aromatic heterocycles. The summed E-state index contributed by atoms with van der Waals surface area (Å²) in [5, 5.41) is 3.26. The third kappa shape index (κ3) is 5.59. The predicted octanol–water partition coefficient (Wildman–Crippen LogP) is 2.34. The van der Waals surface area contributed by atoms with E-state index in [4.69, 9.17) is 0 Å². The second-order valence-corrected chi connectivity index (χ2v) is 7.86. The van der Waals surface area contributed by atoms with Gasteiger partial charge in [0.05, 0.1) is 5.75 Å². The summed E-state index contributed by atoms with van der Waals surface area (Å²) in [6, 6.07) is 7.50. The second-order valence-electron chi connectivity index (χ2n) is 5.60. The molecule has 0 aliphatic carbocycles. The molecule has 1 unspecified atom stereocenters. The number of nitrogens with one attached hydrogen (secondary N) is 1. The Bertz CT molecular complexity index is 748. The van der Waals surface area contributed by atoms with Crippen LogP contribution < -0.4 is 5.32 Å². The molecule has 7 heteroatoms. The Morgan fingerprint density at radius 1 is 1.26 bits per heavy atom. The number of aromatic nitrogens is 3. The molecule has 0 bridgehead atoms. The first-order chi connectivity index (χ1) is 10.9. The molecule has 0 saturated heterocycles. The molecular formula is C16H22N4O2S. The maximum absolute atomic E-state index is 11.3. The van der Waals surface area contributed by atoms with Crippen LogP contribution in [-0.2, 0) is 16.3 Å². The van der Waals surface area contributed by atoms with Crippen molar-refractivity contribution in [3.8, 4) is 11.5 Å². The van der Waals surface area contributed by atoms with Gasteiger partial charge >= 0.3 is 0 Å². The zero-order chi connectivity index (χ0) is 16.9. The predicted molar refractivity (Wildman–Crippen MR) is 92.1 cm³/mol. The molecule has 0 amide bonds. The van der Waals surface area contributed by atoms with Gasteiger partial charge in [0.25, 0.3) is 0 Å². The fraction of sp³-hybridized carbons (Fsp3) is 0.438. The van der Waals surface area contributed by atoms with Crippen molar-refractivity contribution in [3.63, 3.8) is 0 Å². The smallest absolute Gasteiger partial charge is 0.180 e. The van der Waals surface area contributed by atoms with Crippen molar-refractivity contribution < 1.29 is 8.42 Å². The largest absolute Gasteiger partial charge is 0.367 e. The van der Waals surface area contributed by atoms with Gasteiger partial charge in [-0.2, -0.15) is 0 Å². The van der Waals surface area contributed by atoms with Crippen molar-refractivity contribution >= 4 is 15.7 Å². The Balaban J connectivity index is 2.18. The van der Waals surface area contributed by atoms with Crippen LogP contribution in [0.25, 0.3) is 11.5 Å². The van der Waals surface area contributed by atoms with E-state index in [0.717, 1.165) is 17.8 Å². The van der Waals surface area contributed by atoms with Gasteiger partial charge in [0.15, 0.2) is 5.82 Å². The van der Waals surface area contributed by atoms with Gasteiger partial charge in [-0.1, -0.05) is 13.0 Å². The fourth-order valence-corrected chi connectivity index (χ4v) is 2.86. The number of sulfone groups is 1. The van der Waals surface area contributed by atoms with Crippen LogP contribution in [0.5, 0.6) is 0 Å². The molecule has 2 heterocycles. The van der Waals surface area contributed by atoms with E-state index in [1.807, 2.05) is 38.1 Å². The van der Waals surface area contributed by atoms with Gasteiger partial charge in [-0.15, -0.1) is 0 Å². The number of nitrogens with zero attached hydrogens (tertiary/aromatic N) is 3. The van der Waals surface area contributed by atoms with E-state index in [0.29, 0.717) is 18.1 Å². The SMILES string of the molecule is CCc1cc(NC(C)CCS(C)(=O)=O)nc(-c2ccccn2)n1. The molecule has 0 aromatic carbocycles. The molecule has 0 spiro atoms. The van der Waals surface area contributed by atoms with Gasteiger partial charge in [0.2, 0.25) is 0 Å². The second kappa shape index (κ2) is 7.50. The van der Waals surface area contributed by atoms with Crippen LogP contribution in [0, 0.1) is 0 Å². The monoisotopic (exact) mass is 334 g/mol. The van der Waals surface area contributed by atoms with Crippen molar-refractivity contribution in [2.45, 2.75) is 32.7 Å². The highest BCUT2D eigenvalue weighted by atomic mass is 32.2. The van der Waals surface area contributed by atoms with E-state index in [-0.39, 0.29) is 11.8 Å². The van der Waals surface area contributed by atoms with Gasteiger partial charge in [-0.25, -0.2) is 18.4 Å². The molecule has 1 atom stereocenters. The molecule has 6 nitrogen and oxygen atoms in total. The summed E-state index contributed by atoms with van der Waals surface area (Å²) < 4.78 is 22.5. The number of rotatable bonds is 7. The van der Waals surface area contributed by atoms with Gasteiger partial charge in [-0.3, -0.25) is 4.98 Å². The first kappa shape index (κ1) is 17.3. The average molecular weight is 334 g/mol. The summed E-state index contributed by atoms with van der Waals surface area (Å²) >= 11 is 0. The van der Waals surface area contributed by atoms with Gasteiger partial charge < -0.3 is 5.32 Å². The van der Waals surface area contributed by atoms with Crippen molar-refractivity contribution in [1.29, 1.82) is 0 Å². The lowest BCUT2D eigenvalue weighted by Gasteiger charge is -2.15. The Labute approximate surface area is 137 Å². The Morgan fingerprint density at radius 2 is 2.04 bits per heavy atom. The molecule has 1 N–H and O–H groups in total. The van der Waals surface area contributed by atoms with Crippen LogP contribution in [0.1, 0.15) is 26.0 Å². The van der Waals surface area contributed by atoms with E-state index in [2.05, 4.69) is 20.3 Å². The number of pyridine rings is 1. The van der Waals surface area contributed by atoms with E-state index in [1.54, 1.807) is 6.20 Å². The number of aryl methyl sites for hydroxylation is 1. The zero-order valence-electron chi connectivity index (χ0n) is 13.7. The van der Waals surface area contributed by atoms with Crippen molar-refractivity contribution in [3.05, 3.63) is 36.2 Å². The third-order valence-corrected chi connectivity index (χ3v) is 4.33. The Morgan fingerprint density at radius 3 is 2.65 bits per heavy atom.